The lowest BCUT2D eigenvalue weighted by Crippen LogP contribution is -2.35. The number of nitrogens with one attached hydrogen (secondary N) is 1. The minimum absolute atomic E-state index is 0.347. The van der Waals surface area contributed by atoms with Crippen LogP contribution in [0.1, 0.15) is 39.3 Å². The van der Waals surface area contributed by atoms with Gasteiger partial charge in [-0.2, -0.15) is 0 Å². The van der Waals surface area contributed by atoms with Gasteiger partial charge >= 0.3 is 0 Å². The molecule has 0 aliphatic rings. The average molecular weight is 265 g/mol. The van der Waals surface area contributed by atoms with E-state index in [9.17, 15) is 0 Å². The summed E-state index contributed by atoms with van der Waals surface area (Å²) in [6.45, 7) is 8.88. The maximum atomic E-state index is 4.72. The fourth-order valence-electron chi connectivity index (χ4n) is 2.45. The van der Waals surface area contributed by atoms with Gasteiger partial charge in [-0.1, -0.05) is 20.8 Å². The van der Waals surface area contributed by atoms with Gasteiger partial charge in [0.15, 0.2) is 4.96 Å². The highest BCUT2D eigenvalue weighted by molar-refractivity contribution is 7.15. The second-order valence-corrected chi connectivity index (χ2v) is 5.86. The SMILES string of the molecule is CCNCC(CC)(CC)Cc1cn2ccsc2n1. The Morgan fingerprint density at radius 3 is 2.72 bits per heavy atom. The Hall–Kier alpha value is -0.870. The zero-order valence-electron chi connectivity index (χ0n) is 11.6. The van der Waals surface area contributed by atoms with Crippen molar-refractivity contribution in [1.82, 2.24) is 14.7 Å². The molecule has 0 bridgehead atoms. The summed E-state index contributed by atoms with van der Waals surface area (Å²) in [7, 11) is 0. The van der Waals surface area contributed by atoms with Crippen LogP contribution in [0.5, 0.6) is 0 Å². The lowest BCUT2D eigenvalue weighted by atomic mass is 9.78. The quantitative estimate of drug-likeness (QED) is 0.832. The molecule has 100 valence electrons. The molecule has 0 atom stereocenters. The molecule has 4 heteroatoms. The smallest absolute Gasteiger partial charge is 0.193 e. The van der Waals surface area contributed by atoms with Crippen LogP contribution in [0.25, 0.3) is 4.96 Å². The molecule has 0 fully saturated rings. The van der Waals surface area contributed by atoms with Crippen molar-refractivity contribution in [2.75, 3.05) is 13.1 Å². The van der Waals surface area contributed by atoms with Gasteiger partial charge in [0.25, 0.3) is 0 Å². The van der Waals surface area contributed by atoms with Crippen LogP contribution in [0, 0.1) is 5.41 Å². The zero-order valence-corrected chi connectivity index (χ0v) is 12.4. The Bertz CT molecular complexity index is 453. The van der Waals surface area contributed by atoms with E-state index >= 15 is 0 Å². The lowest BCUT2D eigenvalue weighted by Gasteiger charge is -2.31. The van der Waals surface area contributed by atoms with Crippen molar-refractivity contribution in [3.05, 3.63) is 23.5 Å². The van der Waals surface area contributed by atoms with Crippen LogP contribution in [-0.2, 0) is 6.42 Å². The van der Waals surface area contributed by atoms with Crippen LogP contribution < -0.4 is 5.32 Å². The first-order valence-corrected chi connectivity index (χ1v) is 7.72. The molecule has 0 aliphatic carbocycles. The molecular weight excluding hydrogens is 242 g/mol. The predicted molar refractivity (Wildman–Crippen MR) is 78.3 cm³/mol. The minimum atomic E-state index is 0.347. The molecule has 0 amide bonds. The van der Waals surface area contributed by atoms with Gasteiger partial charge in [0.05, 0.1) is 5.69 Å². The van der Waals surface area contributed by atoms with Crippen LogP contribution in [0.4, 0.5) is 0 Å². The third-order valence-corrected chi connectivity index (χ3v) is 4.72. The van der Waals surface area contributed by atoms with E-state index in [4.69, 9.17) is 4.98 Å². The summed E-state index contributed by atoms with van der Waals surface area (Å²) in [4.78, 5) is 5.82. The van der Waals surface area contributed by atoms with Gasteiger partial charge in [-0.3, -0.25) is 4.40 Å². The van der Waals surface area contributed by atoms with Crippen molar-refractivity contribution in [2.45, 2.75) is 40.0 Å². The number of thiazole rings is 1. The standard InChI is InChI=1S/C14H23N3S/c1-4-14(5-2,11-15-6-3)9-12-10-17-7-8-18-13(17)16-12/h7-8,10,15H,4-6,9,11H2,1-3H3. The largest absolute Gasteiger partial charge is 0.316 e. The first-order chi connectivity index (χ1) is 8.73. The first-order valence-electron chi connectivity index (χ1n) is 6.85. The molecule has 0 saturated heterocycles. The van der Waals surface area contributed by atoms with E-state index in [0.717, 1.165) is 24.5 Å². The normalized spacial score (nSPS) is 12.4. The third kappa shape index (κ3) is 2.75. The monoisotopic (exact) mass is 265 g/mol. The van der Waals surface area contributed by atoms with Crippen molar-refractivity contribution in [3.8, 4) is 0 Å². The van der Waals surface area contributed by atoms with E-state index in [1.165, 1.54) is 18.5 Å². The van der Waals surface area contributed by atoms with Crippen molar-refractivity contribution >= 4 is 16.3 Å². The van der Waals surface area contributed by atoms with Gasteiger partial charge in [-0.25, -0.2) is 4.98 Å². The first kappa shape index (κ1) is 13.6. The number of rotatable bonds is 7. The van der Waals surface area contributed by atoms with E-state index in [1.807, 2.05) is 0 Å². The Balaban J connectivity index is 2.14. The summed E-state index contributed by atoms with van der Waals surface area (Å²) in [5.41, 5.74) is 1.57. The number of aromatic nitrogens is 2. The van der Waals surface area contributed by atoms with E-state index in [-0.39, 0.29) is 0 Å². The topological polar surface area (TPSA) is 29.3 Å². The molecule has 2 aromatic heterocycles. The summed E-state index contributed by atoms with van der Waals surface area (Å²) in [6, 6.07) is 0. The van der Waals surface area contributed by atoms with Gasteiger partial charge in [-0.05, 0) is 31.2 Å². The molecule has 1 N–H and O–H groups in total. The van der Waals surface area contributed by atoms with E-state index in [1.54, 1.807) is 11.3 Å². The fraction of sp³-hybridized carbons (Fsp3) is 0.643. The highest BCUT2D eigenvalue weighted by atomic mass is 32.1. The second-order valence-electron chi connectivity index (χ2n) is 4.99. The number of imidazole rings is 1. The van der Waals surface area contributed by atoms with Crippen LogP contribution in [0.15, 0.2) is 17.8 Å². The van der Waals surface area contributed by atoms with Crippen LogP contribution in [0.2, 0.25) is 0 Å². The minimum Gasteiger partial charge on any atom is -0.316 e. The molecule has 0 spiro atoms. The van der Waals surface area contributed by atoms with Gasteiger partial charge in [0, 0.05) is 24.3 Å². The van der Waals surface area contributed by atoms with Crippen molar-refractivity contribution in [2.24, 2.45) is 5.41 Å². The molecule has 0 unspecified atom stereocenters. The molecule has 2 rings (SSSR count). The van der Waals surface area contributed by atoms with Crippen molar-refractivity contribution in [1.29, 1.82) is 0 Å². The van der Waals surface area contributed by atoms with Crippen LogP contribution in [0.3, 0.4) is 0 Å². The van der Waals surface area contributed by atoms with Crippen LogP contribution >= 0.6 is 11.3 Å². The zero-order chi connectivity index (χ0) is 13.0. The van der Waals surface area contributed by atoms with Crippen LogP contribution in [-0.4, -0.2) is 22.5 Å². The molecule has 0 radical (unpaired) electrons. The summed E-state index contributed by atoms with van der Waals surface area (Å²) in [5, 5.41) is 5.59. The Labute approximate surface area is 113 Å². The Kier molecular flexibility index (Phi) is 4.40. The van der Waals surface area contributed by atoms with Crippen molar-refractivity contribution < 1.29 is 0 Å². The van der Waals surface area contributed by atoms with E-state index < -0.39 is 0 Å². The maximum absolute atomic E-state index is 4.72. The Morgan fingerprint density at radius 2 is 2.11 bits per heavy atom. The van der Waals surface area contributed by atoms with Gasteiger partial charge in [0.1, 0.15) is 0 Å². The number of fused-ring (bicyclic) bond motifs is 1. The highest BCUT2D eigenvalue weighted by Gasteiger charge is 2.27. The lowest BCUT2D eigenvalue weighted by molar-refractivity contribution is 0.246. The molecule has 0 saturated carbocycles. The molecule has 3 nitrogen and oxygen atoms in total. The molecule has 2 aromatic rings. The molecule has 0 aliphatic heterocycles. The van der Waals surface area contributed by atoms with Gasteiger partial charge in [0.2, 0.25) is 0 Å². The summed E-state index contributed by atoms with van der Waals surface area (Å²) >= 11 is 1.70. The summed E-state index contributed by atoms with van der Waals surface area (Å²) in [5.74, 6) is 0. The van der Waals surface area contributed by atoms with Crippen molar-refractivity contribution in [3.63, 3.8) is 0 Å². The maximum Gasteiger partial charge on any atom is 0.193 e. The fourth-order valence-corrected chi connectivity index (χ4v) is 3.17. The number of hydrogen-bond acceptors (Lipinski definition) is 3. The summed E-state index contributed by atoms with van der Waals surface area (Å²) < 4.78 is 2.13. The number of nitrogens with zero attached hydrogens (tertiary/aromatic N) is 2. The predicted octanol–water partition coefficient (Wildman–Crippen LogP) is 3.35. The summed E-state index contributed by atoms with van der Waals surface area (Å²) in [6.07, 6.45) is 7.73. The van der Waals surface area contributed by atoms with E-state index in [0.29, 0.717) is 5.41 Å². The van der Waals surface area contributed by atoms with E-state index in [2.05, 4.69) is 48.3 Å². The second kappa shape index (κ2) is 5.85. The molecular formula is C14H23N3S. The number of hydrogen-bond donors (Lipinski definition) is 1. The molecule has 2 heterocycles. The van der Waals surface area contributed by atoms with Gasteiger partial charge < -0.3 is 5.32 Å². The molecule has 0 aromatic carbocycles. The third-order valence-electron chi connectivity index (χ3n) is 3.95. The van der Waals surface area contributed by atoms with Gasteiger partial charge in [-0.15, -0.1) is 11.3 Å². The molecule has 18 heavy (non-hydrogen) atoms. The average Bonchev–Trinajstić information content (AvgIpc) is 2.95. The highest BCUT2D eigenvalue weighted by Crippen LogP contribution is 2.30. The Morgan fingerprint density at radius 1 is 1.33 bits per heavy atom.